The standard InChI is InChI=1S/C26H32N2O6/c1-26(2,12-7-13-29)16-27-24(32)22(14-23(30)31)28-25(33)34-15-21-19-10-5-3-8-17(19)18-9-4-6-11-20(18)21/h3-6,8-11,21-22,29H,7,12-16H2,1-2H3,(H,27,32)(H,28,33)(H,30,31). The third kappa shape index (κ3) is 6.35. The zero-order valence-corrected chi connectivity index (χ0v) is 19.5. The third-order valence-corrected chi connectivity index (χ3v) is 6.08. The molecule has 34 heavy (non-hydrogen) atoms. The zero-order valence-electron chi connectivity index (χ0n) is 19.5. The highest BCUT2D eigenvalue weighted by molar-refractivity contribution is 5.89. The fourth-order valence-corrected chi connectivity index (χ4v) is 4.26. The summed E-state index contributed by atoms with van der Waals surface area (Å²) in [5.74, 6) is -1.94. The molecule has 1 atom stereocenters. The van der Waals surface area contributed by atoms with Crippen LogP contribution in [0.3, 0.4) is 0 Å². The van der Waals surface area contributed by atoms with Crippen molar-refractivity contribution in [1.82, 2.24) is 10.6 Å². The monoisotopic (exact) mass is 468 g/mol. The van der Waals surface area contributed by atoms with Crippen LogP contribution in [0.25, 0.3) is 11.1 Å². The minimum atomic E-state index is -1.26. The number of nitrogens with one attached hydrogen (secondary N) is 2. The van der Waals surface area contributed by atoms with E-state index in [9.17, 15) is 19.5 Å². The number of hydrogen-bond acceptors (Lipinski definition) is 5. The second-order valence-corrected chi connectivity index (χ2v) is 9.33. The summed E-state index contributed by atoms with van der Waals surface area (Å²) in [6.45, 7) is 4.29. The molecule has 182 valence electrons. The smallest absolute Gasteiger partial charge is 0.407 e. The first-order valence-corrected chi connectivity index (χ1v) is 11.4. The van der Waals surface area contributed by atoms with E-state index < -0.39 is 30.4 Å². The fraction of sp³-hybridized carbons (Fsp3) is 0.423. The number of aliphatic hydroxyl groups is 1. The molecule has 0 saturated carbocycles. The Balaban J connectivity index is 1.61. The Labute approximate surface area is 199 Å². The van der Waals surface area contributed by atoms with Crippen molar-refractivity contribution < 1.29 is 29.3 Å². The number of fused-ring (bicyclic) bond motifs is 3. The molecule has 2 aromatic carbocycles. The first-order valence-electron chi connectivity index (χ1n) is 11.4. The quantitative estimate of drug-likeness (QED) is 0.401. The fourth-order valence-electron chi connectivity index (χ4n) is 4.26. The number of carboxylic acid groups (broad SMARTS) is 1. The number of benzene rings is 2. The largest absolute Gasteiger partial charge is 0.481 e. The van der Waals surface area contributed by atoms with Crippen LogP contribution >= 0.6 is 0 Å². The van der Waals surface area contributed by atoms with Crippen molar-refractivity contribution in [1.29, 1.82) is 0 Å². The highest BCUT2D eigenvalue weighted by Gasteiger charge is 2.30. The Morgan fingerprint density at radius 2 is 1.62 bits per heavy atom. The van der Waals surface area contributed by atoms with E-state index in [-0.39, 0.29) is 31.1 Å². The maximum atomic E-state index is 12.6. The van der Waals surface area contributed by atoms with E-state index in [0.717, 1.165) is 22.3 Å². The molecular weight excluding hydrogens is 436 g/mol. The molecule has 0 bridgehead atoms. The summed E-state index contributed by atoms with van der Waals surface area (Å²) in [6, 6.07) is 14.6. The Morgan fingerprint density at radius 3 is 2.18 bits per heavy atom. The van der Waals surface area contributed by atoms with Gasteiger partial charge in [-0.2, -0.15) is 0 Å². The molecule has 3 rings (SSSR count). The number of amides is 2. The first kappa shape index (κ1) is 25.2. The summed E-state index contributed by atoms with van der Waals surface area (Å²) in [4.78, 5) is 36.4. The second-order valence-electron chi connectivity index (χ2n) is 9.33. The highest BCUT2D eigenvalue weighted by Crippen LogP contribution is 2.44. The molecular formula is C26H32N2O6. The van der Waals surface area contributed by atoms with Gasteiger partial charge in [0.05, 0.1) is 6.42 Å². The van der Waals surface area contributed by atoms with Gasteiger partial charge in [0.15, 0.2) is 0 Å². The molecule has 4 N–H and O–H groups in total. The molecule has 1 aliphatic rings. The zero-order chi connectivity index (χ0) is 24.7. The minimum absolute atomic E-state index is 0.0579. The van der Waals surface area contributed by atoms with Crippen LogP contribution in [-0.2, 0) is 14.3 Å². The summed E-state index contributed by atoms with van der Waals surface area (Å²) < 4.78 is 5.45. The molecule has 0 fully saturated rings. The van der Waals surface area contributed by atoms with Crippen molar-refractivity contribution in [3.63, 3.8) is 0 Å². The van der Waals surface area contributed by atoms with Crippen LogP contribution in [0, 0.1) is 5.41 Å². The van der Waals surface area contributed by atoms with Gasteiger partial charge in [0, 0.05) is 19.1 Å². The van der Waals surface area contributed by atoms with Crippen LogP contribution in [0.1, 0.15) is 50.2 Å². The van der Waals surface area contributed by atoms with Crippen LogP contribution in [0.4, 0.5) is 4.79 Å². The molecule has 0 aliphatic heterocycles. The average Bonchev–Trinajstić information content (AvgIpc) is 3.13. The number of ether oxygens (including phenoxy) is 1. The van der Waals surface area contributed by atoms with Gasteiger partial charge in [0.2, 0.25) is 5.91 Å². The summed E-state index contributed by atoms with van der Waals surface area (Å²) in [5.41, 5.74) is 4.02. The number of carbonyl (C=O) groups excluding carboxylic acids is 2. The topological polar surface area (TPSA) is 125 Å². The Hall–Kier alpha value is -3.39. The van der Waals surface area contributed by atoms with Gasteiger partial charge in [-0.25, -0.2) is 4.79 Å². The number of carbonyl (C=O) groups is 3. The predicted octanol–water partition coefficient (Wildman–Crippen LogP) is 3.28. The van der Waals surface area contributed by atoms with Gasteiger partial charge in [0.25, 0.3) is 0 Å². The average molecular weight is 469 g/mol. The van der Waals surface area contributed by atoms with Crippen molar-refractivity contribution in [3.05, 3.63) is 59.7 Å². The molecule has 0 saturated heterocycles. The molecule has 8 heteroatoms. The SMILES string of the molecule is CC(C)(CCCO)CNC(=O)C(CC(=O)O)NC(=O)OCC1c2ccccc2-c2ccccc21. The van der Waals surface area contributed by atoms with E-state index in [1.54, 1.807) is 0 Å². The molecule has 2 aromatic rings. The molecule has 1 unspecified atom stereocenters. The number of alkyl carbamates (subject to hydrolysis) is 1. The molecule has 0 heterocycles. The van der Waals surface area contributed by atoms with Crippen LogP contribution in [0.2, 0.25) is 0 Å². The number of aliphatic carboxylic acids is 1. The van der Waals surface area contributed by atoms with Gasteiger partial charge >= 0.3 is 12.1 Å². The first-order chi connectivity index (χ1) is 16.2. The third-order valence-electron chi connectivity index (χ3n) is 6.08. The van der Waals surface area contributed by atoms with Crippen molar-refractivity contribution in [3.8, 4) is 11.1 Å². The lowest BCUT2D eigenvalue weighted by atomic mass is 9.88. The van der Waals surface area contributed by atoms with Gasteiger partial charge < -0.3 is 25.6 Å². The van der Waals surface area contributed by atoms with E-state index in [1.165, 1.54) is 0 Å². The lowest BCUT2D eigenvalue weighted by molar-refractivity contribution is -0.139. The van der Waals surface area contributed by atoms with Crippen LogP contribution in [-0.4, -0.2) is 54.0 Å². The van der Waals surface area contributed by atoms with E-state index in [0.29, 0.717) is 12.8 Å². The summed E-state index contributed by atoms with van der Waals surface area (Å²) in [5, 5.41) is 23.3. The number of carboxylic acids is 1. The number of rotatable bonds is 11. The van der Waals surface area contributed by atoms with Crippen LogP contribution in [0.5, 0.6) is 0 Å². The molecule has 1 aliphatic carbocycles. The Bertz CT molecular complexity index is 990. The maximum Gasteiger partial charge on any atom is 0.407 e. The Morgan fingerprint density at radius 1 is 1.03 bits per heavy atom. The van der Waals surface area contributed by atoms with Gasteiger partial charge in [0.1, 0.15) is 12.6 Å². The normalized spacial score (nSPS) is 13.5. The van der Waals surface area contributed by atoms with E-state index in [2.05, 4.69) is 10.6 Å². The predicted molar refractivity (Wildman–Crippen MR) is 127 cm³/mol. The van der Waals surface area contributed by atoms with Gasteiger partial charge in [-0.05, 0) is 40.5 Å². The summed E-state index contributed by atoms with van der Waals surface area (Å²) in [7, 11) is 0. The van der Waals surface area contributed by atoms with Crippen molar-refractivity contribution >= 4 is 18.0 Å². The second kappa shape index (κ2) is 11.2. The lowest BCUT2D eigenvalue weighted by Crippen LogP contribution is -2.49. The van der Waals surface area contributed by atoms with Gasteiger partial charge in [-0.3, -0.25) is 9.59 Å². The Kier molecular flexibility index (Phi) is 8.28. The molecule has 0 aromatic heterocycles. The maximum absolute atomic E-state index is 12.6. The van der Waals surface area contributed by atoms with Gasteiger partial charge in [-0.15, -0.1) is 0 Å². The lowest BCUT2D eigenvalue weighted by Gasteiger charge is -2.26. The molecule has 2 amide bonds. The van der Waals surface area contributed by atoms with E-state index in [1.807, 2.05) is 62.4 Å². The van der Waals surface area contributed by atoms with Crippen molar-refractivity contribution in [2.24, 2.45) is 5.41 Å². The highest BCUT2D eigenvalue weighted by atomic mass is 16.5. The minimum Gasteiger partial charge on any atom is -0.481 e. The molecule has 0 spiro atoms. The van der Waals surface area contributed by atoms with E-state index in [4.69, 9.17) is 9.84 Å². The van der Waals surface area contributed by atoms with E-state index >= 15 is 0 Å². The number of hydrogen-bond donors (Lipinski definition) is 4. The summed E-state index contributed by atoms with van der Waals surface area (Å²) in [6.07, 6.45) is -0.123. The number of aliphatic hydroxyl groups excluding tert-OH is 1. The molecule has 8 nitrogen and oxygen atoms in total. The molecule has 0 radical (unpaired) electrons. The van der Waals surface area contributed by atoms with Crippen molar-refractivity contribution in [2.75, 3.05) is 19.8 Å². The summed E-state index contributed by atoms with van der Waals surface area (Å²) >= 11 is 0. The van der Waals surface area contributed by atoms with Gasteiger partial charge in [-0.1, -0.05) is 62.4 Å². The van der Waals surface area contributed by atoms with Crippen LogP contribution < -0.4 is 10.6 Å². The van der Waals surface area contributed by atoms with Crippen LogP contribution in [0.15, 0.2) is 48.5 Å². The van der Waals surface area contributed by atoms with Crippen molar-refractivity contribution in [2.45, 2.75) is 45.1 Å².